The highest BCUT2D eigenvalue weighted by molar-refractivity contribution is 5.68. The number of aliphatic hydroxyl groups excluding tert-OH is 3. The van der Waals surface area contributed by atoms with Gasteiger partial charge in [0.1, 0.15) is 0 Å². The SMILES string of the molecule is COC(=O)CCCO.OCCCCOCCCCOCCCCO. The van der Waals surface area contributed by atoms with Crippen LogP contribution in [0.4, 0.5) is 0 Å². The maximum Gasteiger partial charge on any atom is 0.305 e. The van der Waals surface area contributed by atoms with E-state index in [0.29, 0.717) is 12.8 Å². The Morgan fingerprint density at radius 2 is 1.04 bits per heavy atom. The molecule has 7 heteroatoms. The fourth-order valence-electron chi connectivity index (χ4n) is 1.57. The summed E-state index contributed by atoms with van der Waals surface area (Å²) < 4.78 is 15.1. The van der Waals surface area contributed by atoms with E-state index in [1.54, 1.807) is 0 Å². The Balaban J connectivity index is 0. The normalized spacial score (nSPS) is 10.2. The molecule has 0 saturated heterocycles. The predicted octanol–water partition coefficient (Wildman–Crippen LogP) is 1.28. The lowest BCUT2D eigenvalue weighted by Gasteiger charge is -2.05. The molecule has 0 aliphatic carbocycles. The Kier molecular flexibility index (Phi) is 26.1. The molecule has 0 amide bonds. The largest absolute Gasteiger partial charge is 0.469 e. The summed E-state index contributed by atoms with van der Waals surface area (Å²) in [6.45, 7) is 3.62. The molecule has 0 rings (SSSR count). The fraction of sp³-hybridized carbons (Fsp3) is 0.941. The molecule has 0 aliphatic rings. The zero-order chi connectivity index (χ0) is 18.3. The van der Waals surface area contributed by atoms with Crippen LogP contribution in [0.3, 0.4) is 0 Å². The van der Waals surface area contributed by atoms with Gasteiger partial charge in [0.25, 0.3) is 0 Å². The Morgan fingerprint density at radius 1 is 0.667 bits per heavy atom. The van der Waals surface area contributed by atoms with Crippen molar-refractivity contribution in [2.45, 2.75) is 51.4 Å². The minimum Gasteiger partial charge on any atom is -0.469 e. The van der Waals surface area contributed by atoms with Gasteiger partial charge < -0.3 is 29.5 Å². The molecule has 24 heavy (non-hydrogen) atoms. The molecule has 0 aromatic heterocycles. The number of hydrogen-bond acceptors (Lipinski definition) is 7. The molecule has 0 atom stereocenters. The van der Waals surface area contributed by atoms with Gasteiger partial charge in [-0.3, -0.25) is 4.79 Å². The summed E-state index contributed by atoms with van der Waals surface area (Å²) in [6.07, 6.45) is 6.39. The first kappa shape index (κ1) is 25.5. The van der Waals surface area contributed by atoms with E-state index >= 15 is 0 Å². The summed E-state index contributed by atoms with van der Waals surface area (Å²) in [7, 11) is 1.33. The number of rotatable bonds is 16. The van der Waals surface area contributed by atoms with Crippen molar-refractivity contribution < 1.29 is 34.3 Å². The molecular formula is C17H36O7. The van der Waals surface area contributed by atoms with Crippen molar-refractivity contribution in [2.75, 3.05) is 53.4 Å². The maximum absolute atomic E-state index is 10.2. The van der Waals surface area contributed by atoms with Crippen LogP contribution in [0.25, 0.3) is 0 Å². The summed E-state index contributed by atoms with van der Waals surface area (Å²) in [4.78, 5) is 10.2. The van der Waals surface area contributed by atoms with Crippen molar-refractivity contribution in [1.82, 2.24) is 0 Å². The van der Waals surface area contributed by atoms with Crippen LogP contribution in [0.5, 0.6) is 0 Å². The second-order valence-corrected chi connectivity index (χ2v) is 5.20. The second-order valence-electron chi connectivity index (χ2n) is 5.20. The zero-order valence-corrected chi connectivity index (χ0v) is 15.1. The van der Waals surface area contributed by atoms with Gasteiger partial charge in [0.05, 0.1) is 7.11 Å². The van der Waals surface area contributed by atoms with Crippen molar-refractivity contribution in [1.29, 1.82) is 0 Å². The van der Waals surface area contributed by atoms with E-state index in [4.69, 9.17) is 24.8 Å². The van der Waals surface area contributed by atoms with E-state index in [9.17, 15) is 4.79 Å². The van der Waals surface area contributed by atoms with Gasteiger partial charge in [-0.2, -0.15) is 0 Å². The number of carbonyl (C=O) groups is 1. The highest BCUT2D eigenvalue weighted by Crippen LogP contribution is 1.95. The van der Waals surface area contributed by atoms with E-state index in [1.807, 2.05) is 0 Å². The number of hydrogen-bond donors (Lipinski definition) is 3. The standard InChI is InChI=1S/C12H26O4.C5H10O3/c13-7-1-3-9-15-11-5-6-12-16-10-4-2-8-14;1-8-5(7)3-2-4-6/h13-14H,1-12H2;6H,2-4H2,1H3. The molecule has 0 spiro atoms. The molecule has 0 saturated carbocycles. The van der Waals surface area contributed by atoms with Crippen molar-refractivity contribution in [3.8, 4) is 0 Å². The lowest BCUT2D eigenvalue weighted by molar-refractivity contribution is -0.140. The van der Waals surface area contributed by atoms with Gasteiger partial charge in [0, 0.05) is 52.7 Å². The van der Waals surface area contributed by atoms with Gasteiger partial charge in [-0.1, -0.05) is 0 Å². The van der Waals surface area contributed by atoms with Gasteiger partial charge in [-0.05, 0) is 44.9 Å². The molecule has 0 aromatic carbocycles. The Hall–Kier alpha value is -0.730. The third-order valence-corrected chi connectivity index (χ3v) is 2.99. The average molecular weight is 352 g/mol. The van der Waals surface area contributed by atoms with E-state index in [-0.39, 0.29) is 25.8 Å². The van der Waals surface area contributed by atoms with Crippen LogP contribution in [-0.2, 0) is 19.0 Å². The minimum atomic E-state index is -0.265. The number of carbonyl (C=O) groups excluding carboxylic acids is 1. The lowest BCUT2D eigenvalue weighted by atomic mass is 10.3. The first-order valence-corrected chi connectivity index (χ1v) is 8.77. The quantitative estimate of drug-likeness (QED) is 0.284. The van der Waals surface area contributed by atoms with Crippen LogP contribution in [0.15, 0.2) is 0 Å². The summed E-state index contributed by atoms with van der Waals surface area (Å²) in [6, 6.07) is 0. The van der Waals surface area contributed by atoms with Crippen LogP contribution in [0, 0.1) is 0 Å². The molecule has 0 aliphatic heterocycles. The van der Waals surface area contributed by atoms with Crippen molar-refractivity contribution >= 4 is 5.97 Å². The summed E-state index contributed by atoms with van der Waals surface area (Å²) in [5, 5.41) is 25.3. The van der Waals surface area contributed by atoms with Crippen LogP contribution in [0.2, 0.25) is 0 Å². The molecule has 0 fully saturated rings. The van der Waals surface area contributed by atoms with Crippen molar-refractivity contribution in [3.05, 3.63) is 0 Å². The molecule has 0 bridgehead atoms. The van der Waals surface area contributed by atoms with Crippen LogP contribution in [-0.4, -0.2) is 74.6 Å². The zero-order valence-electron chi connectivity index (χ0n) is 15.1. The van der Waals surface area contributed by atoms with E-state index < -0.39 is 0 Å². The number of unbranched alkanes of at least 4 members (excludes halogenated alkanes) is 3. The smallest absolute Gasteiger partial charge is 0.305 e. The minimum absolute atomic E-state index is 0.0507. The molecular weight excluding hydrogens is 316 g/mol. The molecule has 0 aromatic rings. The van der Waals surface area contributed by atoms with Crippen LogP contribution < -0.4 is 0 Å². The van der Waals surface area contributed by atoms with Crippen LogP contribution >= 0.6 is 0 Å². The van der Waals surface area contributed by atoms with Gasteiger partial charge in [0.2, 0.25) is 0 Å². The van der Waals surface area contributed by atoms with Gasteiger partial charge in [-0.25, -0.2) is 0 Å². The second kappa shape index (κ2) is 24.5. The molecule has 7 nitrogen and oxygen atoms in total. The fourth-order valence-corrected chi connectivity index (χ4v) is 1.57. The summed E-state index contributed by atoms with van der Waals surface area (Å²) in [5.74, 6) is -0.265. The van der Waals surface area contributed by atoms with E-state index in [2.05, 4.69) is 4.74 Å². The first-order chi connectivity index (χ1) is 11.7. The van der Waals surface area contributed by atoms with Crippen LogP contribution in [0.1, 0.15) is 51.4 Å². The van der Waals surface area contributed by atoms with Gasteiger partial charge in [-0.15, -0.1) is 0 Å². The molecule has 0 unspecified atom stereocenters. The van der Waals surface area contributed by atoms with E-state index in [1.165, 1.54) is 7.11 Å². The maximum atomic E-state index is 10.2. The number of esters is 1. The number of ether oxygens (including phenoxy) is 3. The summed E-state index contributed by atoms with van der Waals surface area (Å²) >= 11 is 0. The Bertz CT molecular complexity index is 223. The predicted molar refractivity (Wildman–Crippen MR) is 91.8 cm³/mol. The monoisotopic (exact) mass is 352 g/mol. The third kappa shape index (κ3) is 26.2. The Morgan fingerprint density at radius 3 is 1.38 bits per heavy atom. The number of aliphatic hydroxyl groups is 3. The Labute approximate surface area is 145 Å². The molecule has 146 valence electrons. The third-order valence-electron chi connectivity index (χ3n) is 2.99. The summed E-state index contributed by atoms with van der Waals surface area (Å²) in [5.41, 5.74) is 0. The topological polar surface area (TPSA) is 105 Å². The highest BCUT2D eigenvalue weighted by atomic mass is 16.5. The molecule has 3 N–H and O–H groups in total. The molecule has 0 radical (unpaired) electrons. The average Bonchev–Trinajstić information content (AvgIpc) is 2.61. The molecule has 0 heterocycles. The highest BCUT2D eigenvalue weighted by Gasteiger charge is 1.96. The van der Waals surface area contributed by atoms with Crippen molar-refractivity contribution in [2.24, 2.45) is 0 Å². The van der Waals surface area contributed by atoms with E-state index in [0.717, 1.165) is 65.0 Å². The van der Waals surface area contributed by atoms with Gasteiger partial charge in [0.15, 0.2) is 0 Å². The lowest BCUT2D eigenvalue weighted by Crippen LogP contribution is -2.02. The van der Waals surface area contributed by atoms with Crippen molar-refractivity contribution in [3.63, 3.8) is 0 Å². The first-order valence-electron chi connectivity index (χ1n) is 8.77. The number of methoxy groups -OCH3 is 1. The van der Waals surface area contributed by atoms with Gasteiger partial charge >= 0.3 is 5.97 Å².